The highest BCUT2D eigenvalue weighted by Gasteiger charge is 2.32. The van der Waals surface area contributed by atoms with Crippen molar-refractivity contribution in [2.24, 2.45) is 0 Å². The number of carbonyl (C=O) groups is 2. The maximum atomic E-state index is 14.3. The first-order valence-electron chi connectivity index (χ1n) is 14.5. The summed E-state index contributed by atoms with van der Waals surface area (Å²) in [6.07, 6.45) is 3.17. The summed E-state index contributed by atoms with van der Waals surface area (Å²) < 4.78 is 19.5. The summed E-state index contributed by atoms with van der Waals surface area (Å²) in [5.74, 6) is 0.687. The van der Waals surface area contributed by atoms with E-state index in [9.17, 15) is 14.0 Å². The van der Waals surface area contributed by atoms with Crippen LogP contribution in [0.4, 0.5) is 4.39 Å². The zero-order valence-corrected chi connectivity index (χ0v) is 25.2. The lowest BCUT2D eigenvalue weighted by Crippen LogP contribution is -2.52. The Balaban J connectivity index is 1.35. The van der Waals surface area contributed by atoms with Crippen molar-refractivity contribution in [3.05, 3.63) is 56.6 Å². The average Bonchev–Trinajstić information content (AvgIpc) is 2.97. The molecule has 3 saturated heterocycles. The van der Waals surface area contributed by atoms with Gasteiger partial charge in [0.1, 0.15) is 17.7 Å². The van der Waals surface area contributed by atoms with Crippen molar-refractivity contribution in [1.29, 1.82) is 0 Å². The Labute approximate surface area is 250 Å². The number of halogens is 3. The molecule has 3 aliphatic rings. The minimum absolute atomic E-state index is 0.0633. The summed E-state index contributed by atoms with van der Waals surface area (Å²) in [4.78, 5) is 39.3. The lowest BCUT2D eigenvalue weighted by molar-refractivity contribution is -0.129. The number of hydrogen-bond donors (Lipinski definition) is 1. The summed E-state index contributed by atoms with van der Waals surface area (Å²) in [6, 6.07) is 5.49. The van der Waals surface area contributed by atoms with Crippen LogP contribution in [0, 0.1) is 6.92 Å². The molecule has 0 spiro atoms. The summed E-state index contributed by atoms with van der Waals surface area (Å²) in [5, 5.41) is 4.42. The molecule has 2 aromatic rings. The monoisotopic (exact) mass is 605 g/mol. The molecule has 222 valence electrons. The van der Waals surface area contributed by atoms with Crippen molar-refractivity contribution in [1.82, 2.24) is 25.1 Å². The molecule has 1 aromatic heterocycles. The van der Waals surface area contributed by atoms with Gasteiger partial charge in [0.2, 0.25) is 5.91 Å². The number of benzene rings is 1. The summed E-state index contributed by atoms with van der Waals surface area (Å²) in [6.45, 7) is 6.66. The van der Waals surface area contributed by atoms with Crippen molar-refractivity contribution in [2.45, 2.75) is 76.5 Å². The van der Waals surface area contributed by atoms with Gasteiger partial charge in [0.15, 0.2) is 0 Å². The van der Waals surface area contributed by atoms with Crippen molar-refractivity contribution in [2.75, 3.05) is 39.4 Å². The van der Waals surface area contributed by atoms with Crippen molar-refractivity contribution >= 4 is 35.0 Å². The first kappa shape index (κ1) is 30.1. The van der Waals surface area contributed by atoms with Gasteiger partial charge in [0.05, 0.1) is 22.3 Å². The van der Waals surface area contributed by atoms with Crippen molar-refractivity contribution < 1.29 is 18.7 Å². The van der Waals surface area contributed by atoms with E-state index >= 15 is 0 Å². The van der Waals surface area contributed by atoms with Gasteiger partial charge in [-0.15, -0.1) is 0 Å². The van der Waals surface area contributed by atoms with Crippen LogP contribution in [0.15, 0.2) is 18.2 Å². The molecule has 0 aliphatic carbocycles. The third-order valence-corrected chi connectivity index (χ3v) is 9.39. The minimum Gasteiger partial charge on any atom is -0.378 e. The molecular formula is C30H38Cl2FN5O3. The summed E-state index contributed by atoms with van der Waals surface area (Å²) in [5.41, 5.74) is 2.92. The third-order valence-electron chi connectivity index (χ3n) is 8.65. The van der Waals surface area contributed by atoms with Gasteiger partial charge in [-0.05, 0) is 56.7 Å². The second kappa shape index (κ2) is 13.3. The number of aromatic nitrogens is 2. The molecule has 2 amide bonds. The molecule has 4 heterocycles. The highest BCUT2D eigenvalue weighted by Crippen LogP contribution is 2.30. The van der Waals surface area contributed by atoms with Gasteiger partial charge >= 0.3 is 0 Å². The smallest absolute Gasteiger partial charge is 0.272 e. The van der Waals surface area contributed by atoms with E-state index in [1.54, 1.807) is 13.0 Å². The Morgan fingerprint density at radius 3 is 2.39 bits per heavy atom. The standard InChI is InChI=1S/C30H38Cl2FN5O3/c1-18-27(16-20-3-4-23(31)24(32)15-20)35-29(21-5-10-37(11-6-21)19(2)39)36-28(18)30(40)38-12-7-22(8-13-38)34-26-9-14-41-17-25(26)33/h3-4,15,21-22,25-26,34H,5-14,16-17H2,1-2H3/t25-,26+/m1/s1. The van der Waals surface area contributed by atoms with E-state index in [1.807, 2.05) is 28.9 Å². The third kappa shape index (κ3) is 7.19. The van der Waals surface area contributed by atoms with Crippen LogP contribution >= 0.6 is 23.2 Å². The van der Waals surface area contributed by atoms with E-state index < -0.39 is 6.17 Å². The first-order valence-corrected chi connectivity index (χ1v) is 15.3. The molecule has 0 bridgehead atoms. The van der Waals surface area contributed by atoms with Gasteiger partial charge < -0.3 is 19.9 Å². The van der Waals surface area contributed by atoms with E-state index in [0.29, 0.717) is 67.2 Å². The normalized spacial score (nSPS) is 22.7. The molecule has 1 aromatic carbocycles. The molecule has 0 radical (unpaired) electrons. The number of amides is 2. The van der Waals surface area contributed by atoms with Crippen LogP contribution in [0.5, 0.6) is 0 Å². The molecule has 5 rings (SSSR count). The number of carbonyl (C=O) groups excluding carboxylic acids is 2. The quantitative estimate of drug-likeness (QED) is 0.512. The lowest BCUT2D eigenvalue weighted by Gasteiger charge is -2.36. The van der Waals surface area contributed by atoms with Crippen LogP contribution in [-0.2, 0) is 16.0 Å². The number of likely N-dealkylation sites (tertiary alicyclic amines) is 2. The predicted molar refractivity (Wildman–Crippen MR) is 156 cm³/mol. The minimum atomic E-state index is -0.998. The Hall–Kier alpha value is -2.33. The molecule has 0 unspecified atom stereocenters. The van der Waals surface area contributed by atoms with Gasteiger partial charge in [-0.25, -0.2) is 14.4 Å². The second-order valence-corrected chi connectivity index (χ2v) is 12.2. The van der Waals surface area contributed by atoms with Crippen LogP contribution in [0.25, 0.3) is 0 Å². The molecule has 0 saturated carbocycles. The number of nitrogens with zero attached hydrogens (tertiary/aromatic N) is 4. The van der Waals surface area contributed by atoms with Gasteiger partial charge in [-0.3, -0.25) is 9.59 Å². The number of alkyl halides is 1. The van der Waals surface area contributed by atoms with E-state index in [4.69, 9.17) is 37.9 Å². The van der Waals surface area contributed by atoms with Gasteiger partial charge in [0, 0.05) is 69.7 Å². The molecule has 3 aliphatic heterocycles. The highest BCUT2D eigenvalue weighted by atomic mass is 35.5. The average molecular weight is 607 g/mol. The molecule has 2 atom stereocenters. The van der Waals surface area contributed by atoms with E-state index in [2.05, 4.69) is 5.32 Å². The van der Waals surface area contributed by atoms with E-state index in [-0.39, 0.29) is 36.4 Å². The van der Waals surface area contributed by atoms with Gasteiger partial charge in [-0.2, -0.15) is 0 Å². The molecule has 1 N–H and O–H groups in total. The van der Waals surface area contributed by atoms with Crippen LogP contribution in [0.3, 0.4) is 0 Å². The van der Waals surface area contributed by atoms with E-state index in [1.165, 1.54) is 0 Å². The number of nitrogens with one attached hydrogen (secondary N) is 1. The highest BCUT2D eigenvalue weighted by molar-refractivity contribution is 6.42. The maximum absolute atomic E-state index is 14.3. The molecule has 8 nitrogen and oxygen atoms in total. The summed E-state index contributed by atoms with van der Waals surface area (Å²) >= 11 is 12.4. The lowest BCUT2D eigenvalue weighted by atomic mass is 9.94. The maximum Gasteiger partial charge on any atom is 0.272 e. The molecule has 3 fully saturated rings. The van der Waals surface area contributed by atoms with Crippen LogP contribution < -0.4 is 5.32 Å². The SMILES string of the molecule is CC(=O)N1CCC(c2nc(Cc3ccc(Cl)c(Cl)c3)c(C)c(C(=O)N3CCC(N[C@H]4CCOC[C@H]4F)CC3)n2)CC1. The fraction of sp³-hybridized carbons (Fsp3) is 0.600. The Morgan fingerprint density at radius 2 is 1.73 bits per heavy atom. The molecule has 41 heavy (non-hydrogen) atoms. The Morgan fingerprint density at radius 1 is 1.02 bits per heavy atom. The summed E-state index contributed by atoms with van der Waals surface area (Å²) in [7, 11) is 0. The Bertz CT molecular complexity index is 1260. The number of hydrogen-bond acceptors (Lipinski definition) is 6. The number of piperidine rings is 2. The van der Waals surface area contributed by atoms with Crippen LogP contribution in [-0.4, -0.2) is 89.2 Å². The van der Waals surface area contributed by atoms with E-state index in [0.717, 1.165) is 42.5 Å². The zero-order chi connectivity index (χ0) is 29.1. The topological polar surface area (TPSA) is 87.7 Å². The fourth-order valence-corrected chi connectivity index (χ4v) is 6.35. The predicted octanol–water partition coefficient (Wildman–Crippen LogP) is 4.73. The zero-order valence-electron chi connectivity index (χ0n) is 23.7. The Kier molecular flexibility index (Phi) is 9.79. The fourth-order valence-electron chi connectivity index (χ4n) is 6.03. The van der Waals surface area contributed by atoms with Crippen LogP contribution in [0.2, 0.25) is 10.0 Å². The van der Waals surface area contributed by atoms with Gasteiger partial charge in [-0.1, -0.05) is 29.3 Å². The second-order valence-electron chi connectivity index (χ2n) is 11.4. The van der Waals surface area contributed by atoms with Crippen molar-refractivity contribution in [3.8, 4) is 0 Å². The molecule has 11 heteroatoms. The number of ether oxygens (including phenoxy) is 1. The first-order chi connectivity index (χ1) is 19.7. The van der Waals surface area contributed by atoms with Gasteiger partial charge in [0.25, 0.3) is 5.91 Å². The molecular weight excluding hydrogens is 568 g/mol. The van der Waals surface area contributed by atoms with Crippen molar-refractivity contribution in [3.63, 3.8) is 0 Å². The van der Waals surface area contributed by atoms with Crippen LogP contribution in [0.1, 0.15) is 78.1 Å². The largest absolute Gasteiger partial charge is 0.378 e. The number of rotatable bonds is 6.